The standard InChI is InChI=1S/C18H28N2/c1-3-13-19-18(17-15(2)10-9-14-20-17)16-11-7-5-4-6-8-12-16/h9-11,14,18-19H,3-8,12-13H2,1-2H3/b16-11+. The van der Waals surface area contributed by atoms with Gasteiger partial charge in [-0.15, -0.1) is 0 Å². The molecule has 1 unspecified atom stereocenters. The van der Waals surface area contributed by atoms with E-state index in [-0.39, 0.29) is 0 Å². The lowest BCUT2D eigenvalue weighted by atomic mass is 9.91. The molecule has 1 aromatic rings. The highest BCUT2D eigenvalue weighted by atomic mass is 14.9. The maximum absolute atomic E-state index is 4.66. The molecule has 0 radical (unpaired) electrons. The predicted molar refractivity (Wildman–Crippen MR) is 85.8 cm³/mol. The van der Waals surface area contributed by atoms with Gasteiger partial charge in [-0.1, -0.05) is 37.5 Å². The van der Waals surface area contributed by atoms with E-state index in [2.05, 4.69) is 36.3 Å². The molecule has 1 aliphatic carbocycles. The summed E-state index contributed by atoms with van der Waals surface area (Å²) in [5.41, 5.74) is 4.07. The number of nitrogens with one attached hydrogen (secondary N) is 1. The number of allylic oxidation sites excluding steroid dienone is 1. The number of hydrogen-bond donors (Lipinski definition) is 1. The molecule has 0 bridgehead atoms. The molecule has 1 aromatic heterocycles. The van der Waals surface area contributed by atoms with Crippen LogP contribution < -0.4 is 5.32 Å². The van der Waals surface area contributed by atoms with Gasteiger partial charge in [0, 0.05) is 6.20 Å². The molecule has 0 amide bonds. The van der Waals surface area contributed by atoms with Crippen LogP contribution in [0.25, 0.3) is 0 Å². The summed E-state index contributed by atoms with van der Waals surface area (Å²) < 4.78 is 0. The fourth-order valence-corrected chi connectivity index (χ4v) is 2.97. The minimum atomic E-state index is 0.314. The molecule has 1 atom stereocenters. The molecule has 110 valence electrons. The number of aromatic nitrogens is 1. The molecule has 0 fully saturated rings. The third-order valence-corrected chi connectivity index (χ3v) is 4.12. The van der Waals surface area contributed by atoms with Crippen LogP contribution in [0.3, 0.4) is 0 Å². The van der Waals surface area contributed by atoms with Crippen molar-refractivity contribution in [3.05, 3.63) is 41.2 Å². The van der Waals surface area contributed by atoms with Gasteiger partial charge in [-0.2, -0.15) is 0 Å². The van der Waals surface area contributed by atoms with Crippen molar-refractivity contribution in [2.45, 2.75) is 64.8 Å². The van der Waals surface area contributed by atoms with Crippen molar-refractivity contribution >= 4 is 0 Å². The summed E-state index contributed by atoms with van der Waals surface area (Å²) in [5.74, 6) is 0. The Kier molecular flexibility index (Phi) is 6.25. The molecule has 0 aliphatic heterocycles. The lowest BCUT2D eigenvalue weighted by Crippen LogP contribution is -2.26. The van der Waals surface area contributed by atoms with Crippen molar-refractivity contribution < 1.29 is 0 Å². The van der Waals surface area contributed by atoms with Gasteiger partial charge in [-0.25, -0.2) is 0 Å². The maximum Gasteiger partial charge on any atom is 0.0713 e. The third kappa shape index (κ3) is 4.17. The Morgan fingerprint density at radius 2 is 2.10 bits per heavy atom. The van der Waals surface area contributed by atoms with E-state index in [4.69, 9.17) is 0 Å². The zero-order chi connectivity index (χ0) is 14.2. The molecular weight excluding hydrogens is 244 g/mol. The van der Waals surface area contributed by atoms with Gasteiger partial charge < -0.3 is 5.32 Å². The first-order chi connectivity index (χ1) is 9.83. The van der Waals surface area contributed by atoms with Gasteiger partial charge in [0.25, 0.3) is 0 Å². The second-order valence-corrected chi connectivity index (χ2v) is 5.82. The number of rotatable bonds is 5. The Labute approximate surface area is 123 Å². The highest BCUT2D eigenvalue weighted by Crippen LogP contribution is 2.29. The molecule has 0 spiro atoms. The average molecular weight is 272 g/mol. The van der Waals surface area contributed by atoms with Gasteiger partial charge in [-0.05, 0) is 57.2 Å². The normalized spacial score (nSPS) is 20.6. The largest absolute Gasteiger partial charge is 0.305 e. The Hall–Kier alpha value is -1.15. The van der Waals surface area contributed by atoms with Crippen LogP contribution in [0.15, 0.2) is 30.0 Å². The zero-order valence-corrected chi connectivity index (χ0v) is 13.0. The van der Waals surface area contributed by atoms with Crippen LogP contribution in [0.1, 0.15) is 69.2 Å². The quantitative estimate of drug-likeness (QED) is 0.785. The van der Waals surface area contributed by atoms with E-state index in [0.29, 0.717) is 6.04 Å². The van der Waals surface area contributed by atoms with Crippen LogP contribution in [0.2, 0.25) is 0 Å². The van der Waals surface area contributed by atoms with Crippen molar-refractivity contribution in [3.63, 3.8) is 0 Å². The highest BCUT2D eigenvalue weighted by Gasteiger charge is 2.19. The number of pyridine rings is 1. The summed E-state index contributed by atoms with van der Waals surface area (Å²) in [6.45, 7) is 5.45. The topological polar surface area (TPSA) is 24.9 Å². The van der Waals surface area contributed by atoms with E-state index in [9.17, 15) is 0 Å². The molecule has 2 heteroatoms. The van der Waals surface area contributed by atoms with Crippen LogP contribution in [0.5, 0.6) is 0 Å². The van der Waals surface area contributed by atoms with Gasteiger partial charge in [0.05, 0.1) is 11.7 Å². The van der Waals surface area contributed by atoms with Crippen molar-refractivity contribution in [1.29, 1.82) is 0 Å². The summed E-state index contributed by atoms with van der Waals surface area (Å²) in [6.07, 6.45) is 13.4. The molecule has 0 saturated heterocycles. The summed E-state index contributed by atoms with van der Waals surface area (Å²) in [7, 11) is 0. The monoisotopic (exact) mass is 272 g/mol. The molecule has 2 rings (SSSR count). The van der Waals surface area contributed by atoms with Crippen molar-refractivity contribution in [2.75, 3.05) is 6.54 Å². The molecule has 1 aliphatic rings. The van der Waals surface area contributed by atoms with E-state index in [1.165, 1.54) is 49.8 Å². The second-order valence-electron chi connectivity index (χ2n) is 5.82. The van der Waals surface area contributed by atoms with Crippen LogP contribution >= 0.6 is 0 Å². The maximum atomic E-state index is 4.66. The number of hydrogen-bond acceptors (Lipinski definition) is 2. The van der Waals surface area contributed by atoms with E-state index >= 15 is 0 Å². The molecule has 0 aromatic carbocycles. The fourth-order valence-electron chi connectivity index (χ4n) is 2.97. The van der Waals surface area contributed by atoms with Crippen molar-refractivity contribution in [2.24, 2.45) is 0 Å². The zero-order valence-electron chi connectivity index (χ0n) is 13.0. The Bertz CT molecular complexity index is 437. The second kappa shape index (κ2) is 8.21. The van der Waals surface area contributed by atoms with E-state index in [1.54, 1.807) is 5.57 Å². The van der Waals surface area contributed by atoms with Crippen molar-refractivity contribution in [3.8, 4) is 0 Å². The minimum Gasteiger partial charge on any atom is -0.305 e. The van der Waals surface area contributed by atoms with Crippen LogP contribution in [-0.4, -0.2) is 11.5 Å². The lowest BCUT2D eigenvalue weighted by Gasteiger charge is -2.24. The molecule has 1 heterocycles. The molecule has 0 saturated carbocycles. The Balaban J connectivity index is 2.24. The number of aryl methyl sites for hydroxylation is 1. The molecule has 1 N–H and O–H groups in total. The predicted octanol–water partition coefficient (Wildman–Crippen LogP) is 4.71. The third-order valence-electron chi connectivity index (χ3n) is 4.12. The van der Waals surface area contributed by atoms with Gasteiger partial charge in [-0.3, -0.25) is 4.98 Å². The first-order valence-electron chi connectivity index (χ1n) is 8.16. The first-order valence-corrected chi connectivity index (χ1v) is 8.16. The lowest BCUT2D eigenvalue weighted by molar-refractivity contribution is 0.531. The minimum absolute atomic E-state index is 0.314. The molecule has 20 heavy (non-hydrogen) atoms. The molecular formula is C18H28N2. The van der Waals surface area contributed by atoms with Crippen LogP contribution in [-0.2, 0) is 0 Å². The van der Waals surface area contributed by atoms with Crippen LogP contribution in [0, 0.1) is 6.92 Å². The highest BCUT2D eigenvalue weighted by molar-refractivity contribution is 5.29. The van der Waals surface area contributed by atoms with E-state index in [1.807, 2.05) is 12.3 Å². The smallest absolute Gasteiger partial charge is 0.0713 e. The fraction of sp³-hybridized carbons (Fsp3) is 0.611. The molecule has 2 nitrogen and oxygen atoms in total. The SMILES string of the molecule is CCCNC(/C1=C/CCCCCC1)c1ncccc1C. The summed E-state index contributed by atoms with van der Waals surface area (Å²) in [6, 6.07) is 4.52. The number of nitrogens with zero attached hydrogens (tertiary/aromatic N) is 1. The van der Waals surface area contributed by atoms with E-state index < -0.39 is 0 Å². The van der Waals surface area contributed by atoms with Gasteiger partial charge in [0.2, 0.25) is 0 Å². The summed E-state index contributed by atoms with van der Waals surface area (Å²) in [5, 5.41) is 3.71. The Morgan fingerprint density at radius 1 is 1.25 bits per heavy atom. The van der Waals surface area contributed by atoms with Gasteiger partial charge >= 0.3 is 0 Å². The first kappa shape index (κ1) is 15.2. The van der Waals surface area contributed by atoms with Gasteiger partial charge in [0.15, 0.2) is 0 Å². The summed E-state index contributed by atoms with van der Waals surface area (Å²) in [4.78, 5) is 4.66. The van der Waals surface area contributed by atoms with Gasteiger partial charge in [0.1, 0.15) is 0 Å². The Morgan fingerprint density at radius 3 is 2.90 bits per heavy atom. The average Bonchev–Trinajstić information content (AvgIpc) is 2.42. The van der Waals surface area contributed by atoms with Crippen molar-refractivity contribution in [1.82, 2.24) is 10.3 Å². The van der Waals surface area contributed by atoms with Crippen LogP contribution in [0.4, 0.5) is 0 Å². The van der Waals surface area contributed by atoms with E-state index in [0.717, 1.165) is 13.0 Å². The summed E-state index contributed by atoms with van der Waals surface area (Å²) >= 11 is 0.